The lowest BCUT2D eigenvalue weighted by atomic mass is 9.97. The largest absolute Gasteiger partial charge is 0.497 e. The van der Waals surface area contributed by atoms with E-state index in [1.807, 2.05) is 6.07 Å². The van der Waals surface area contributed by atoms with Crippen molar-refractivity contribution in [2.24, 2.45) is 0 Å². The lowest BCUT2D eigenvalue weighted by molar-refractivity contribution is 0.0988. The third-order valence-corrected chi connectivity index (χ3v) is 5.11. The summed E-state index contributed by atoms with van der Waals surface area (Å²) in [5.41, 5.74) is 0.735. The molecular weight excluding hydrogens is 404 g/mol. The predicted octanol–water partition coefficient (Wildman–Crippen LogP) is 3.87. The van der Waals surface area contributed by atoms with Crippen molar-refractivity contribution in [3.05, 3.63) is 91.7 Å². The maximum Gasteiger partial charge on any atom is 0.271 e. The number of carbonyl (C=O) groups excluding carboxylic acids is 1. The van der Waals surface area contributed by atoms with Crippen LogP contribution in [-0.2, 0) is 13.0 Å². The number of hydrogen-bond donors (Lipinski definition) is 1. The highest BCUT2D eigenvalue weighted by Gasteiger charge is 2.24. The van der Waals surface area contributed by atoms with Crippen LogP contribution in [0.5, 0.6) is 11.6 Å². The maximum atomic E-state index is 13.0. The van der Waals surface area contributed by atoms with Gasteiger partial charge in [0, 0.05) is 11.4 Å². The second kappa shape index (κ2) is 8.85. The van der Waals surface area contributed by atoms with Gasteiger partial charge in [0.25, 0.3) is 5.56 Å². The van der Waals surface area contributed by atoms with Crippen molar-refractivity contribution in [3.63, 3.8) is 0 Å². The summed E-state index contributed by atoms with van der Waals surface area (Å²) in [7, 11) is 1.54. The first kappa shape index (κ1) is 21.2. The van der Waals surface area contributed by atoms with Crippen molar-refractivity contribution >= 4 is 17.4 Å². The average Bonchev–Trinajstić information content (AvgIpc) is 2.73. The average molecular weight is 423 g/mol. The number of ether oxygens (including phenoxy) is 1. The number of carbonyl (C=O) groups is 1. The van der Waals surface area contributed by atoms with Crippen LogP contribution >= 0.6 is 11.6 Å². The summed E-state index contributed by atoms with van der Waals surface area (Å²) in [6, 6.07) is 15.6. The van der Waals surface area contributed by atoms with E-state index in [1.54, 1.807) is 55.6 Å². The van der Waals surface area contributed by atoms with Crippen molar-refractivity contribution in [2.75, 3.05) is 7.11 Å². The van der Waals surface area contributed by atoms with Gasteiger partial charge in [-0.2, -0.15) is 5.26 Å². The number of Topliss-reactive ketones (excluding diaryl/α,β-unsaturated/α-hetero) is 1. The van der Waals surface area contributed by atoms with Crippen molar-refractivity contribution in [1.29, 1.82) is 5.26 Å². The van der Waals surface area contributed by atoms with Crippen molar-refractivity contribution in [2.45, 2.75) is 19.9 Å². The third kappa shape index (κ3) is 4.22. The molecule has 3 aromatic rings. The molecule has 0 unspecified atom stereocenters. The number of pyridine rings is 1. The molecule has 1 N–H and O–H groups in total. The van der Waals surface area contributed by atoms with Crippen molar-refractivity contribution in [1.82, 2.24) is 4.57 Å². The van der Waals surface area contributed by atoms with Gasteiger partial charge in [0.1, 0.15) is 17.4 Å². The summed E-state index contributed by atoms with van der Waals surface area (Å²) in [5.74, 6) is -0.200. The van der Waals surface area contributed by atoms with Crippen LogP contribution in [-0.4, -0.2) is 22.6 Å². The Morgan fingerprint density at radius 3 is 2.30 bits per heavy atom. The summed E-state index contributed by atoms with van der Waals surface area (Å²) < 4.78 is 6.16. The molecule has 0 saturated heterocycles. The Hall–Kier alpha value is -3.56. The number of aromatic hydroxyl groups is 1. The molecule has 0 spiro atoms. The number of nitrogens with zero attached hydrogens (tertiary/aromatic N) is 2. The van der Waals surface area contributed by atoms with Gasteiger partial charge in [0.05, 0.1) is 19.2 Å². The Bertz CT molecular complexity index is 1190. The predicted molar refractivity (Wildman–Crippen MR) is 113 cm³/mol. The summed E-state index contributed by atoms with van der Waals surface area (Å²) in [4.78, 5) is 25.7. The minimum Gasteiger partial charge on any atom is -0.497 e. The fraction of sp³-hybridized carbons (Fsp3) is 0.174. The molecule has 7 heteroatoms. The number of ketones is 1. The first-order chi connectivity index (χ1) is 14.3. The molecule has 0 bridgehead atoms. The van der Waals surface area contributed by atoms with Gasteiger partial charge in [-0.15, -0.1) is 0 Å². The zero-order valence-corrected chi connectivity index (χ0v) is 17.2. The van der Waals surface area contributed by atoms with Crippen molar-refractivity contribution in [3.8, 4) is 17.7 Å². The molecule has 0 amide bonds. The minimum atomic E-state index is -0.647. The maximum absolute atomic E-state index is 13.0. The van der Waals surface area contributed by atoms with E-state index in [0.717, 1.165) is 4.57 Å². The molecule has 0 aliphatic rings. The number of methoxy groups -OCH3 is 1. The zero-order chi connectivity index (χ0) is 21.8. The van der Waals surface area contributed by atoms with Crippen LogP contribution in [0.15, 0.2) is 53.3 Å². The Labute approximate surface area is 178 Å². The van der Waals surface area contributed by atoms with Gasteiger partial charge in [0.2, 0.25) is 5.88 Å². The molecule has 0 radical (unpaired) electrons. The summed E-state index contributed by atoms with van der Waals surface area (Å²) in [6.45, 7) is 1.50. The quantitative estimate of drug-likeness (QED) is 0.609. The van der Waals surface area contributed by atoms with E-state index in [4.69, 9.17) is 16.3 Å². The molecule has 3 rings (SSSR count). The van der Waals surface area contributed by atoms with E-state index >= 15 is 0 Å². The molecule has 152 valence electrons. The van der Waals surface area contributed by atoms with Gasteiger partial charge in [-0.1, -0.05) is 35.9 Å². The molecule has 6 nitrogen and oxygen atoms in total. The number of benzene rings is 2. The van der Waals surface area contributed by atoms with E-state index in [-0.39, 0.29) is 29.7 Å². The van der Waals surface area contributed by atoms with Crippen LogP contribution in [0.25, 0.3) is 0 Å². The van der Waals surface area contributed by atoms with Crippen molar-refractivity contribution < 1.29 is 14.6 Å². The van der Waals surface area contributed by atoms with E-state index in [0.29, 0.717) is 21.9 Å². The Balaban J connectivity index is 2.05. The molecule has 0 saturated carbocycles. The van der Waals surface area contributed by atoms with Gasteiger partial charge >= 0.3 is 0 Å². The van der Waals surface area contributed by atoms with Gasteiger partial charge < -0.3 is 9.84 Å². The molecule has 0 aliphatic heterocycles. The number of rotatable bonds is 6. The van der Waals surface area contributed by atoms with E-state index in [2.05, 4.69) is 0 Å². The second-order valence-corrected chi connectivity index (χ2v) is 7.21. The SMILES string of the molecule is COc1ccc(Cn2c(O)c(C(=O)Cc3ccc(Cl)cc3)c(C)c(C#N)c2=O)cc1. The fourth-order valence-corrected chi connectivity index (χ4v) is 3.35. The Morgan fingerprint density at radius 1 is 1.13 bits per heavy atom. The van der Waals surface area contributed by atoms with Gasteiger partial charge in [0.15, 0.2) is 5.78 Å². The number of nitriles is 1. The van der Waals surface area contributed by atoms with E-state index < -0.39 is 17.2 Å². The second-order valence-electron chi connectivity index (χ2n) is 6.78. The highest BCUT2D eigenvalue weighted by molar-refractivity contribution is 6.30. The fourth-order valence-electron chi connectivity index (χ4n) is 3.22. The van der Waals surface area contributed by atoms with E-state index in [1.165, 1.54) is 6.92 Å². The number of aromatic nitrogens is 1. The normalized spacial score (nSPS) is 10.5. The standard InChI is InChI=1S/C23H19ClN2O4/c1-14-19(12-25)22(28)26(13-16-5-9-18(30-2)10-6-16)23(29)21(14)20(27)11-15-3-7-17(24)8-4-15/h3-10,29H,11,13H2,1-2H3. The van der Waals surface area contributed by atoms with Crippen LogP contribution in [0.2, 0.25) is 5.02 Å². The summed E-state index contributed by atoms with van der Waals surface area (Å²) >= 11 is 5.88. The van der Waals surface area contributed by atoms with Crippen LogP contribution in [0.3, 0.4) is 0 Å². The van der Waals surface area contributed by atoms with Crippen LogP contribution in [0, 0.1) is 18.3 Å². The van der Waals surface area contributed by atoms with Gasteiger partial charge in [-0.05, 0) is 47.9 Å². The smallest absolute Gasteiger partial charge is 0.271 e. The molecule has 0 atom stereocenters. The topological polar surface area (TPSA) is 92.3 Å². The monoisotopic (exact) mass is 422 g/mol. The van der Waals surface area contributed by atoms with Crippen LogP contribution < -0.4 is 10.3 Å². The molecular formula is C23H19ClN2O4. The van der Waals surface area contributed by atoms with Crippen LogP contribution in [0.4, 0.5) is 0 Å². The summed E-state index contributed by atoms with van der Waals surface area (Å²) in [5, 5.41) is 20.8. The lowest BCUT2D eigenvalue weighted by Gasteiger charge is -2.16. The zero-order valence-electron chi connectivity index (χ0n) is 16.5. The molecule has 0 fully saturated rings. The number of halogens is 1. The minimum absolute atomic E-state index is 0.00280. The third-order valence-electron chi connectivity index (χ3n) is 4.86. The van der Waals surface area contributed by atoms with Gasteiger partial charge in [-0.3, -0.25) is 14.2 Å². The molecule has 30 heavy (non-hydrogen) atoms. The molecule has 1 aromatic heterocycles. The van der Waals surface area contributed by atoms with E-state index in [9.17, 15) is 20.0 Å². The molecule has 0 aliphatic carbocycles. The Morgan fingerprint density at radius 2 is 1.73 bits per heavy atom. The first-order valence-corrected chi connectivity index (χ1v) is 9.50. The number of hydrogen-bond acceptors (Lipinski definition) is 5. The summed E-state index contributed by atoms with van der Waals surface area (Å²) in [6.07, 6.45) is -0.00280. The van der Waals surface area contributed by atoms with Gasteiger partial charge in [-0.25, -0.2) is 0 Å². The highest BCUT2D eigenvalue weighted by atomic mass is 35.5. The molecule has 2 aromatic carbocycles. The first-order valence-electron chi connectivity index (χ1n) is 9.12. The Kier molecular flexibility index (Phi) is 6.24. The lowest BCUT2D eigenvalue weighted by Crippen LogP contribution is -2.27. The molecule has 1 heterocycles. The van der Waals surface area contributed by atoms with Crippen LogP contribution in [0.1, 0.15) is 32.6 Å². The highest BCUT2D eigenvalue weighted by Crippen LogP contribution is 2.25.